The van der Waals surface area contributed by atoms with Gasteiger partial charge >= 0.3 is 0 Å². The molecule has 0 bridgehead atoms. The Morgan fingerprint density at radius 1 is 1.05 bits per heavy atom. The molecule has 3 aromatic heterocycles. The van der Waals surface area contributed by atoms with Crippen LogP contribution in [0.4, 0.5) is 4.39 Å². The maximum atomic E-state index is 14.7. The van der Waals surface area contributed by atoms with Gasteiger partial charge in [-0.2, -0.15) is 0 Å². The summed E-state index contributed by atoms with van der Waals surface area (Å²) in [5, 5.41) is 18.9. The molecule has 44 heavy (non-hydrogen) atoms. The molecule has 3 heterocycles. The quantitative estimate of drug-likeness (QED) is 0.182. The third-order valence-electron chi connectivity index (χ3n) is 9.14. The van der Waals surface area contributed by atoms with Gasteiger partial charge in [-0.15, -0.1) is 10.2 Å². The molecular weight excluding hydrogens is 555 g/mol. The standard InChI is InChI=1S/C35H39FN6O2/c1-4-5-13-42-20-37-40-34(42)27-18-25(36)11-12-26(27)24-16-28(23-9-10-23)38-30(17-24)35-39-29-15-22(14-21(2)33(29)44-35)19-41(3)31-7-6-8-32(31)43/h11-12,14-18,20,23,31-32,43H,4-10,13,19H2,1-3H3/t31-,32+/m1/s1. The molecule has 9 heteroatoms. The van der Waals surface area contributed by atoms with Crippen LogP contribution in [0.1, 0.15) is 74.6 Å². The second-order valence-corrected chi connectivity index (χ2v) is 12.6. The van der Waals surface area contributed by atoms with Crippen molar-refractivity contribution in [3.63, 3.8) is 0 Å². The van der Waals surface area contributed by atoms with Gasteiger partial charge in [0.1, 0.15) is 23.4 Å². The number of aliphatic hydroxyl groups excluding tert-OH is 1. The van der Waals surface area contributed by atoms with Crippen molar-refractivity contribution in [1.82, 2.24) is 29.6 Å². The van der Waals surface area contributed by atoms with Crippen LogP contribution in [0, 0.1) is 12.7 Å². The van der Waals surface area contributed by atoms with Gasteiger partial charge < -0.3 is 14.1 Å². The van der Waals surface area contributed by atoms with Crippen molar-refractivity contribution in [2.45, 2.75) is 89.9 Å². The Balaban J connectivity index is 1.27. The predicted molar refractivity (Wildman–Crippen MR) is 168 cm³/mol. The van der Waals surface area contributed by atoms with Crippen molar-refractivity contribution < 1.29 is 13.9 Å². The van der Waals surface area contributed by atoms with Gasteiger partial charge in [0, 0.05) is 36.3 Å². The Kier molecular flexibility index (Phi) is 7.76. The monoisotopic (exact) mass is 594 g/mol. The van der Waals surface area contributed by atoms with Gasteiger partial charge in [0.2, 0.25) is 5.89 Å². The third-order valence-corrected chi connectivity index (χ3v) is 9.14. The summed E-state index contributed by atoms with van der Waals surface area (Å²) in [5.41, 5.74) is 7.85. The van der Waals surface area contributed by atoms with Gasteiger partial charge in [-0.05, 0) is 105 Å². The zero-order valence-corrected chi connectivity index (χ0v) is 25.6. The fourth-order valence-electron chi connectivity index (χ4n) is 6.63. The van der Waals surface area contributed by atoms with E-state index in [4.69, 9.17) is 14.4 Å². The first kappa shape index (κ1) is 28.8. The SMILES string of the molecule is CCCCn1cnnc1-c1cc(F)ccc1-c1cc(-c2nc3cc(CN(C)[C@@H]4CCC[C@@H]4O)cc(C)c3o2)nc(C2CC2)c1. The average molecular weight is 595 g/mol. The Labute approximate surface area is 257 Å². The summed E-state index contributed by atoms with van der Waals surface area (Å²) in [6, 6.07) is 13.4. The number of aliphatic hydroxyl groups is 1. The molecule has 8 nitrogen and oxygen atoms in total. The van der Waals surface area contributed by atoms with Crippen LogP contribution in [0.5, 0.6) is 0 Å². The molecule has 0 radical (unpaired) electrons. The number of rotatable bonds is 10. The van der Waals surface area contributed by atoms with E-state index in [2.05, 4.69) is 47.3 Å². The second kappa shape index (κ2) is 11.9. The van der Waals surface area contributed by atoms with Crippen LogP contribution < -0.4 is 0 Å². The molecule has 5 aromatic rings. The minimum atomic E-state index is -0.316. The van der Waals surface area contributed by atoms with Crippen LogP contribution in [-0.2, 0) is 13.1 Å². The number of fused-ring (bicyclic) bond motifs is 1. The number of aromatic nitrogens is 5. The average Bonchev–Trinajstić information content (AvgIpc) is 3.37. The van der Waals surface area contributed by atoms with E-state index in [1.165, 1.54) is 6.07 Å². The van der Waals surface area contributed by atoms with Gasteiger partial charge in [0.25, 0.3) is 0 Å². The van der Waals surface area contributed by atoms with E-state index in [1.807, 2.05) is 23.6 Å². The smallest absolute Gasteiger partial charge is 0.246 e. The highest BCUT2D eigenvalue weighted by Crippen LogP contribution is 2.43. The van der Waals surface area contributed by atoms with Crippen LogP contribution in [0.2, 0.25) is 0 Å². The molecule has 2 fully saturated rings. The predicted octanol–water partition coefficient (Wildman–Crippen LogP) is 7.29. The molecule has 2 aliphatic carbocycles. The first-order valence-electron chi connectivity index (χ1n) is 15.9. The lowest BCUT2D eigenvalue weighted by Crippen LogP contribution is -2.36. The largest absolute Gasteiger partial charge is 0.434 e. The maximum Gasteiger partial charge on any atom is 0.246 e. The van der Waals surface area contributed by atoms with E-state index in [1.54, 1.807) is 12.4 Å². The summed E-state index contributed by atoms with van der Waals surface area (Å²) in [7, 11) is 2.08. The number of likely N-dealkylation sites (N-methyl/N-ethyl adjacent to an activating group) is 1. The summed E-state index contributed by atoms with van der Waals surface area (Å²) in [5.74, 6) is 1.20. The van der Waals surface area contributed by atoms with E-state index in [9.17, 15) is 9.50 Å². The summed E-state index contributed by atoms with van der Waals surface area (Å²) < 4.78 is 23.0. The Morgan fingerprint density at radius 3 is 2.68 bits per heavy atom. The topological polar surface area (TPSA) is 93.1 Å². The van der Waals surface area contributed by atoms with Crippen LogP contribution in [0.15, 0.2) is 53.2 Å². The van der Waals surface area contributed by atoms with Crippen molar-refractivity contribution >= 4 is 11.1 Å². The molecule has 7 rings (SSSR count). The number of hydrogen-bond donors (Lipinski definition) is 1. The first-order chi connectivity index (χ1) is 21.4. The molecule has 2 saturated carbocycles. The maximum absolute atomic E-state index is 14.7. The van der Waals surface area contributed by atoms with E-state index in [-0.39, 0.29) is 18.0 Å². The van der Waals surface area contributed by atoms with E-state index in [0.717, 1.165) is 97.1 Å². The molecule has 2 aliphatic rings. The number of nitrogens with zero attached hydrogens (tertiary/aromatic N) is 6. The van der Waals surface area contributed by atoms with Crippen molar-refractivity contribution in [2.24, 2.45) is 0 Å². The lowest BCUT2D eigenvalue weighted by atomic mass is 9.97. The van der Waals surface area contributed by atoms with Gasteiger partial charge in [0.15, 0.2) is 11.4 Å². The number of benzene rings is 2. The number of halogens is 1. The van der Waals surface area contributed by atoms with Gasteiger partial charge in [-0.1, -0.05) is 25.5 Å². The number of oxazole rings is 1. The zero-order chi connectivity index (χ0) is 30.4. The summed E-state index contributed by atoms with van der Waals surface area (Å²) in [4.78, 5) is 12.2. The van der Waals surface area contributed by atoms with Gasteiger partial charge in [0.05, 0.1) is 6.10 Å². The minimum absolute atomic E-state index is 0.184. The third kappa shape index (κ3) is 5.66. The Hall–Kier alpha value is -3.95. The molecule has 0 unspecified atom stereocenters. The fraction of sp³-hybridized carbons (Fsp3) is 0.429. The minimum Gasteiger partial charge on any atom is -0.434 e. The molecule has 0 spiro atoms. The summed E-state index contributed by atoms with van der Waals surface area (Å²) in [6.45, 7) is 5.69. The van der Waals surface area contributed by atoms with Gasteiger partial charge in [-0.3, -0.25) is 4.90 Å². The lowest BCUT2D eigenvalue weighted by molar-refractivity contribution is 0.0825. The Bertz CT molecular complexity index is 1810. The number of hydrogen-bond acceptors (Lipinski definition) is 7. The van der Waals surface area contributed by atoms with E-state index in [0.29, 0.717) is 28.9 Å². The Morgan fingerprint density at radius 2 is 1.91 bits per heavy atom. The molecule has 2 aromatic carbocycles. The molecule has 0 aliphatic heterocycles. The van der Waals surface area contributed by atoms with Gasteiger partial charge in [-0.25, -0.2) is 14.4 Å². The summed E-state index contributed by atoms with van der Waals surface area (Å²) >= 11 is 0. The summed E-state index contributed by atoms with van der Waals surface area (Å²) in [6.07, 6.45) is 8.61. The highest BCUT2D eigenvalue weighted by Gasteiger charge is 2.29. The molecule has 0 saturated heterocycles. The van der Waals surface area contributed by atoms with Crippen molar-refractivity contribution in [3.05, 3.63) is 71.4 Å². The number of pyridine rings is 1. The molecule has 1 N–H and O–H groups in total. The highest BCUT2D eigenvalue weighted by molar-refractivity contribution is 5.84. The van der Waals surface area contributed by atoms with Crippen molar-refractivity contribution in [1.29, 1.82) is 0 Å². The van der Waals surface area contributed by atoms with E-state index >= 15 is 0 Å². The van der Waals surface area contributed by atoms with Crippen LogP contribution in [0.25, 0.3) is 45.2 Å². The van der Waals surface area contributed by atoms with Crippen molar-refractivity contribution in [3.8, 4) is 34.1 Å². The zero-order valence-electron chi connectivity index (χ0n) is 25.6. The number of aryl methyl sites for hydroxylation is 2. The normalized spacial score (nSPS) is 18.6. The first-order valence-corrected chi connectivity index (χ1v) is 15.9. The number of unbranched alkanes of at least 4 members (excludes halogenated alkanes) is 1. The molecule has 0 amide bonds. The highest BCUT2D eigenvalue weighted by atomic mass is 19.1. The van der Waals surface area contributed by atoms with Crippen molar-refractivity contribution in [2.75, 3.05) is 7.05 Å². The van der Waals surface area contributed by atoms with Crippen LogP contribution in [-0.4, -0.2) is 53.9 Å². The molecule has 228 valence electrons. The lowest BCUT2D eigenvalue weighted by Gasteiger charge is -2.27. The second-order valence-electron chi connectivity index (χ2n) is 12.6. The van der Waals surface area contributed by atoms with E-state index < -0.39 is 0 Å². The fourth-order valence-corrected chi connectivity index (χ4v) is 6.63. The van der Waals surface area contributed by atoms with Crippen LogP contribution >= 0.6 is 0 Å². The molecular formula is C35H39FN6O2. The van der Waals surface area contributed by atoms with Crippen LogP contribution in [0.3, 0.4) is 0 Å². The molecule has 2 atom stereocenters.